The molecule has 16 heteroatoms. The van der Waals surface area contributed by atoms with Gasteiger partial charge in [-0.1, -0.05) is 180 Å². The van der Waals surface area contributed by atoms with E-state index in [1.54, 1.807) is 97.1 Å². The Kier molecular flexibility index (Phi) is 20.5. The first-order chi connectivity index (χ1) is 50.4. The molecule has 1 aliphatic carbocycles. The maximum absolute atomic E-state index is 13.8. The van der Waals surface area contributed by atoms with Gasteiger partial charge in [0.05, 0.1) is 70.9 Å². The first-order valence-corrected chi connectivity index (χ1v) is 37.4. The van der Waals surface area contributed by atoms with Crippen molar-refractivity contribution in [2.45, 2.75) is 169 Å². The van der Waals surface area contributed by atoms with E-state index in [0.717, 1.165) is 66.8 Å². The maximum atomic E-state index is 13.8. The van der Waals surface area contributed by atoms with Crippen molar-refractivity contribution >= 4 is 47.3 Å². The second-order valence-electron chi connectivity index (χ2n) is 32.9. The fourth-order valence-electron chi connectivity index (χ4n) is 15.0. The second-order valence-corrected chi connectivity index (χ2v) is 32.9. The summed E-state index contributed by atoms with van der Waals surface area (Å²) in [5, 5.41) is 0. The second kappa shape index (κ2) is 29.5. The van der Waals surface area contributed by atoms with Crippen LogP contribution in [0.1, 0.15) is 271 Å². The third kappa shape index (κ3) is 14.9. The van der Waals surface area contributed by atoms with Gasteiger partial charge in [0.2, 0.25) is 0 Å². The monoisotopic (exact) mass is 1420 g/mol. The number of nitrogens with zero attached hydrogens (tertiary/aromatic N) is 4. The summed E-state index contributed by atoms with van der Waals surface area (Å²) in [7, 11) is 0. The Morgan fingerprint density at radius 2 is 0.406 bits per heavy atom. The lowest BCUT2D eigenvalue weighted by molar-refractivity contribution is 0.0630. The molecule has 16 nitrogen and oxygen atoms in total. The highest BCUT2D eigenvalue weighted by Gasteiger charge is 2.39. The van der Waals surface area contributed by atoms with Crippen molar-refractivity contribution in [3.05, 3.63) is 257 Å². The van der Waals surface area contributed by atoms with Crippen LogP contribution in [0.2, 0.25) is 0 Å². The Bertz CT molecular complexity index is 4340. The van der Waals surface area contributed by atoms with Crippen molar-refractivity contribution in [2.75, 3.05) is 52.6 Å². The van der Waals surface area contributed by atoms with E-state index in [-0.39, 0.29) is 122 Å². The SMILES string of the molecule is CC(C)(C)c1cc2c(OCCCCN3C(=O)c4ccccc4C3=O)c(c1)Cc1cc(C(C)(C)C)cc(c1OCCCN1C(=O)c3ccccc3C1=O)Cc1cc(C(C)(C)C)cc(c1OCCCCN1C(=O)c3ccccc3C1=O)Cc1cc(C(C)(C)C)cc(c1OCCCN1C(=O)c3ccccc3C1=O)C2. The molecule has 4 heterocycles. The highest BCUT2D eigenvalue weighted by Crippen LogP contribution is 2.45. The molecule has 13 rings (SSSR count). The number of rotatable bonds is 22. The molecular formula is C90H96N4O12. The number of unbranched alkanes of at least 4 members (excludes halogenated alkanes) is 2. The lowest BCUT2D eigenvalue weighted by Crippen LogP contribution is -2.31. The molecule has 0 radical (unpaired) electrons. The highest BCUT2D eigenvalue weighted by molar-refractivity contribution is 6.23. The summed E-state index contributed by atoms with van der Waals surface area (Å²) in [6, 6.07) is 45.7. The Morgan fingerprint density at radius 1 is 0.245 bits per heavy atom. The van der Waals surface area contributed by atoms with Gasteiger partial charge < -0.3 is 18.9 Å². The molecule has 0 saturated carbocycles. The first-order valence-electron chi connectivity index (χ1n) is 37.4. The Morgan fingerprint density at radius 3 is 0.575 bits per heavy atom. The molecule has 0 spiro atoms. The predicted molar refractivity (Wildman–Crippen MR) is 409 cm³/mol. The quantitative estimate of drug-likeness (QED) is 0.0462. The van der Waals surface area contributed by atoms with E-state index in [1.165, 1.54) is 19.6 Å². The van der Waals surface area contributed by atoms with E-state index < -0.39 is 0 Å². The van der Waals surface area contributed by atoms with Gasteiger partial charge in [0.25, 0.3) is 47.3 Å². The molecule has 0 fully saturated rings. The van der Waals surface area contributed by atoms with Gasteiger partial charge in [-0.15, -0.1) is 0 Å². The van der Waals surface area contributed by atoms with Gasteiger partial charge in [-0.3, -0.25) is 58.0 Å². The van der Waals surface area contributed by atoms with Crippen LogP contribution in [0.4, 0.5) is 0 Å². The van der Waals surface area contributed by atoms with Crippen LogP contribution in [-0.2, 0) is 47.3 Å². The number of amides is 8. The average molecular weight is 1430 g/mol. The molecule has 0 atom stereocenters. The number of carbonyl (C=O) groups excluding carboxylic acids is 8. The normalized spacial score (nSPS) is 15.1. The van der Waals surface area contributed by atoms with Crippen molar-refractivity contribution in [2.24, 2.45) is 0 Å². The van der Waals surface area contributed by atoms with E-state index >= 15 is 0 Å². The molecule has 5 aliphatic rings. The third-order valence-electron chi connectivity index (χ3n) is 21.1. The molecule has 106 heavy (non-hydrogen) atoms. The van der Waals surface area contributed by atoms with Gasteiger partial charge >= 0.3 is 0 Å². The van der Waals surface area contributed by atoms with Crippen molar-refractivity contribution in [1.29, 1.82) is 0 Å². The van der Waals surface area contributed by atoms with E-state index in [2.05, 4.69) is 132 Å². The fraction of sp³-hybridized carbons (Fsp3) is 0.378. The lowest BCUT2D eigenvalue weighted by atomic mass is 9.79. The van der Waals surface area contributed by atoms with Crippen LogP contribution in [0.25, 0.3) is 0 Å². The van der Waals surface area contributed by atoms with E-state index in [1.807, 2.05) is 0 Å². The van der Waals surface area contributed by atoms with Gasteiger partial charge in [0, 0.05) is 51.9 Å². The minimum atomic E-state index is -0.378. The molecule has 4 aliphatic heterocycles. The van der Waals surface area contributed by atoms with Crippen molar-refractivity contribution in [3.8, 4) is 23.0 Å². The summed E-state index contributed by atoms with van der Waals surface area (Å²) in [4.78, 5) is 115. The minimum Gasteiger partial charge on any atom is -0.493 e. The number of benzene rings is 8. The fourth-order valence-corrected chi connectivity index (χ4v) is 15.0. The molecular weight excluding hydrogens is 1330 g/mol. The number of hydrogen-bond donors (Lipinski definition) is 0. The van der Waals surface area contributed by atoms with Crippen molar-refractivity contribution in [3.63, 3.8) is 0 Å². The van der Waals surface area contributed by atoms with Crippen LogP contribution >= 0.6 is 0 Å². The van der Waals surface area contributed by atoms with Gasteiger partial charge in [-0.05, 0) is 175 Å². The maximum Gasteiger partial charge on any atom is 0.261 e. The lowest BCUT2D eigenvalue weighted by Gasteiger charge is -2.29. The molecule has 0 aromatic heterocycles. The Hall–Kier alpha value is -10.5. The van der Waals surface area contributed by atoms with E-state index in [9.17, 15) is 38.4 Å². The number of ether oxygens (including phenoxy) is 4. The molecule has 8 aromatic carbocycles. The van der Waals surface area contributed by atoms with Crippen LogP contribution in [0.5, 0.6) is 23.0 Å². The van der Waals surface area contributed by atoms with Gasteiger partial charge in [-0.25, -0.2) is 0 Å². The van der Waals surface area contributed by atoms with Crippen LogP contribution in [0.3, 0.4) is 0 Å². The van der Waals surface area contributed by atoms with Crippen LogP contribution in [0.15, 0.2) is 146 Å². The summed E-state index contributed by atoms with van der Waals surface area (Å²) in [5.41, 5.74) is 13.1. The molecule has 8 aromatic rings. The van der Waals surface area contributed by atoms with Gasteiger partial charge in [0.1, 0.15) is 23.0 Å². The summed E-state index contributed by atoms with van der Waals surface area (Å²) in [6.07, 6.45) is 4.02. The Labute approximate surface area is 622 Å². The van der Waals surface area contributed by atoms with Crippen molar-refractivity contribution in [1.82, 2.24) is 19.6 Å². The smallest absolute Gasteiger partial charge is 0.261 e. The summed E-state index contributed by atoms with van der Waals surface area (Å²) >= 11 is 0. The Balaban J connectivity index is 0.955. The zero-order chi connectivity index (χ0) is 75.3. The number of fused-ring (bicyclic) bond motifs is 12. The topological polar surface area (TPSA) is 186 Å². The van der Waals surface area contributed by atoms with E-state index in [4.69, 9.17) is 18.9 Å². The zero-order valence-corrected chi connectivity index (χ0v) is 63.3. The number of carbonyl (C=O) groups is 8. The molecule has 548 valence electrons. The van der Waals surface area contributed by atoms with E-state index in [0.29, 0.717) is 132 Å². The van der Waals surface area contributed by atoms with Crippen LogP contribution < -0.4 is 18.9 Å². The van der Waals surface area contributed by atoms with Crippen LogP contribution in [-0.4, -0.2) is 119 Å². The molecule has 0 N–H and O–H groups in total. The zero-order valence-electron chi connectivity index (χ0n) is 63.3. The van der Waals surface area contributed by atoms with Gasteiger partial charge in [0.15, 0.2) is 0 Å². The largest absolute Gasteiger partial charge is 0.493 e. The predicted octanol–water partition coefficient (Wildman–Crippen LogP) is 16.6. The average Bonchev–Trinajstić information content (AvgIpc) is 1.40. The molecule has 0 unspecified atom stereocenters. The first kappa shape index (κ1) is 73.8. The number of imide groups is 4. The van der Waals surface area contributed by atoms with Gasteiger partial charge in [-0.2, -0.15) is 0 Å². The molecule has 0 saturated heterocycles. The highest BCUT2D eigenvalue weighted by atomic mass is 16.5. The standard InChI is InChI=1S/C90H96N4O12/c1-87(2,3)63-47-55-43-59-51-65(89(7,8)9)53-61(77(59)105-41-25-37-93-83(99)71-31-17-18-32-72(71)84(93)100)45-57-49-64(88(4,5)6)50-58(76(57)104-40-24-22-36-92-81(97)69-29-15-16-30-70(69)82(92)98)46-62-54-66(90(10,11)12)52-60(78(62)106-42-26-38-94-85(101)73-33-19-20-34-74(73)86(94)102)44-56(48-63)75(55)103-39-23-21-35-91-79(95)67-27-13-14-28-68(67)80(91)96/h13-20,27-34,47-54H,21-26,35-46H2,1-12H3. The summed E-state index contributed by atoms with van der Waals surface area (Å²) in [6.45, 7) is 28.0. The summed E-state index contributed by atoms with van der Waals surface area (Å²) < 4.78 is 29.3. The summed E-state index contributed by atoms with van der Waals surface area (Å²) in [5.74, 6) is 0.117. The molecule has 8 amide bonds. The molecule has 8 bridgehead atoms. The van der Waals surface area contributed by atoms with Crippen molar-refractivity contribution < 1.29 is 57.3 Å². The third-order valence-corrected chi connectivity index (χ3v) is 21.1. The number of hydrogen-bond acceptors (Lipinski definition) is 12. The minimum absolute atomic E-state index is 0.135. The van der Waals surface area contributed by atoms with Crippen LogP contribution in [0, 0.1) is 0 Å².